The standard InChI is InChI=1S/C25H26N2O4S/c1-18(31-23-13-9-21(10-14-23)20-5-3-2-4-6-20)25(28)26-17-19-7-15-24(16-8-19)32(29,30)27-22-11-12-22/h2-10,13-16,18,22,27H,11-12,17H2,1H3,(H,26,28). The van der Waals surface area contributed by atoms with Crippen LogP contribution in [0.3, 0.4) is 0 Å². The smallest absolute Gasteiger partial charge is 0.261 e. The van der Waals surface area contributed by atoms with Crippen LogP contribution in [-0.2, 0) is 21.4 Å². The number of rotatable bonds is 9. The minimum atomic E-state index is -3.47. The van der Waals surface area contributed by atoms with Crippen molar-refractivity contribution < 1.29 is 17.9 Å². The molecule has 6 nitrogen and oxygen atoms in total. The molecule has 1 atom stereocenters. The summed E-state index contributed by atoms with van der Waals surface area (Å²) in [6, 6.07) is 24.2. The Morgan fingerprint density at radius 1 is 0.938 bits per heavy atom. The van der Waals surface area contributed by atoms with Crippen LogP contribution in [0.5, 0.6) is 5.75 Å². The lowest BCUT2D eigenvalue weighted by Crippen LogP contribution is -2.35. The van der Waals surface area contributed by atoms with E-state index >= 15 is 0 Å². The molecule has 0 heterocycles. The van der Waals surface area contributed by atoms with Crippen molar-refractivity contribution in [1.29, 1.82) is 0 Å². The van der Waals surface area contributed by atoms with E-state index in [2.05, 4.69) is 10.0 Å². The second-order valence-electron chi connectivity index (χ2n) is 7.91. The van der Waals surface area contributed by atoms with Crippen LogP contribution in [0, 0.1) is 0 Å². The summed E-state index contributed by atoms with van der Waals surface area (Å²) in [6.07, 6.45) is 1.11. The Labute approximate surface area is 188 Å². The first-order valence-electron chi connectivity index (χ1n) is 10.6. The van der Waals surface area contributed by atoms with E-state index in [4.69, 9.17) is 4.74 Å². The molecule has 4 rings (SSSR count). The average molecular weight is 451 g/mol. The van der Waals surface area contributed by atoms with Gasteiger partial charge in [-0.2, -0.15) is 0 Å². The van der Waals surface area contributed by atoms with Gasteiger partial charge in [0.25, 0.3) is 5.91 Å². The quantitative estimate of drug-likeness (QED) is 0.518. The number of hydrogen-bond donors (Lipinski definition) is 2. The fraction of sp³-hybridized carbons (Fsp3) is 0.240. The molecule has 1 saturated carbocycles. The lowest BCUT2D eigenvalue weighted by molar-refractivity contribution is -0.127. The van der Waals surface area contributed by atoms with Gasteiger partial charge >= 0.3 is 0 Å². The van der Waals surface area contributed by atoms with Gasteiger partial charge in [-0.05, 0) is 60.7 Å². The maximum atomic E-state index is 12.4. The molecule has 0 aromatic heterocycles. The number of amides is 1. The first-order valence-corrected chi connectivity index (χ1v) is 12.1. The molecule has 3 aromatic rings. The molecule has 1 unspecified atom stereocenters. The van der Waals surface area contributed by atoms with E-state index in [0.29, 0.717) is 5.75 Å². The first-order chi connectivity index (χ1) is 15.4. The van der Waals surface area contributed by atoms with Gasteiger partial charge in [0.05, 0.1) is 4.90 Å². The molecule has 7 heteroatoms. The molecule has 166 valence electrons. The van der Waals surface area contributed by atoms with Crippen molar-refractivity contribution >= 4 is 15.9 Å². The molecule has 0 bridgehead atoms. The van der Waals surface area contributed by atoms with Crippen molar-refractivity contribution in [2.45, 2.75) is 43.4 Å². The summed E-state index contributed by atoms with van der Waals surface area (Å²) < 4.78 is 32.9. The van der Waals surface area contributed by atoms with Gasteiger partial charge in [-0.3, -0.25) is 4.79 Å². The van der Waals surface area contributed by atoms with Gasteiger partial charge in [-0.15, -0.1) is 0 Å². The molecule has 32 heavy (non-hydrogen) atoms. The summed E-state index contributed by atoms with van der Waals surface area (Å²) >= 11 is 0. The fourth-order valence-electron chi connectivity index (χ4n) is 3.22. The SMILES string of the molecule is CC(Oc1ccc(-c2ccccc2)cc1)C(=O)NCc1ccc(S(=O)(=O)NC2CC2)cc1. The molecule has 1 amide bonds. The van der Waals surface area contributed by atoms with E-state index in [1.165, 1.54) is 0 Å². The Morgan fingerprint density at radius 3 is 2.19 bits per heavy atom. The molecule has 0 spiro atoms. The van der Waals surface area contributed by atoms with Crippen molar-refractivity contribution in [3.8, 4) is 16.9 Å². The van der Waals surface area contributed by atoms with Gasteiger partial charge in [0.1, 0.15) is 5.75 Å². The van der Waals surface area contributed by atoms with E-state index in [1.54, 1.807) is 31.2 Å². The molecule has 0 radical (unpaired) electrons. The molecular weight excluding hydrogens is 424 g/mol. The Morgan fingerprint density at radius 2 is 1.56 bits per heavy atom. The number of ether oxygens (including phenoxy) is 1. The van der Waals surface area contributed by atoms with Gasteiger partial charge in [0.15, 0.2) is 6.10 Å². The predicted molar refractivity (Wildman–Crippen MR) is 124 cm³/mol. The summed E-state index contributed by atoms with van der Waals surface area (Å²) in [7, 11) is -3.47. The fourth-order valence-corrected chi connectivity index (χ4v) is 4.53. The molecule has 3 aromatic carbocycles. The van der Waals surface area contributed by atoms with Gasteiger partial charge in [-0.1, -0.05) is 54.6 Å². The molecular formula is C25H26N2O4S. The predicted octanol–water partition coefficient (Wildman–Crippen LogP) is 3.88. The van der Waals surface area contributed by atoms with Crippen LogP contribution in [0.15, 0.2) is 83.8 Å². The van der Waals surface area contributed by atoms with E-state index < -0.39 is 16.1 Å². The normalized spacial score (nSPS) is 14.5. The monoisotopic (exact) mass is 450 g/mol. The number of carbonyl (C=O) groups is 1. The highest BCUT2D eigenvalue weighted by Gasteiger charge is 2.27. The van der Waals surface area contributed by atoms with Crippen LogP contribution < -0.4 is 14.8 Å². The Bertz CT molecular complexity index is 1160. The zero-order chi connectivity index (χ0) is 22.6. The van der Waals surface area contributed by atoms with Crippen molar-refractivity contribution in [3.63, 3.8) is 0 Å². The number of hydrogen-bond acceptors (Lipinski definition) is 4. The van der Waals surface area contributed by atoms with Crippen LogP contribution in [-0.4, -0.2) is 26.5 Å². The molecule has 1 fully saturated rings. The molecule has 1 aliphatic carbocycles. The topological polar surface area (TPSA) is 84.5 Å². The minimum absolute atomic E-state index is 0.0648. The van der Waals surface area contributed by atoms with Crippen molar-refractivity contribution in [2.24, 2.45) is 0 Å². The second-order valence-corrected chi connectivity index (χ2v) is 9.62. The maximum Gasteiger partial charge on any atom is 0.261 e. The Hall–Kier alpha value is -3.16. The van der Waals surface area contributed by atoms with Crippen molar-refractivity contribution in [2.75, 3.05) is 0 Å². The minimum Gasteiger partial charge on any atom is -0.481 e. The Balaban J connectivity index is 1.28. The highest BCUT2D eigenvalue weighted by atomic mass is 32.2. The molecule has 1 aliphatic rings. The lowest BCUT2D eigenvalue weighted by atomic mass is 10.1. The van der Waals surface area contributed by atoms with E-state index in [0.717, 1.165) is 29.5 Å². The van der Waals surface area contributed by atoms with E-state index in [1.807, 2.05) is 54.6 Å². The number of sulfonamides is 1. The van der Waals surface area contributed by atoms with Crippen LogP contribution in [0.25, 0.3) is 11.1 Å². The van der Waals surface area contributed by atoms with Crippen LogP contribution in [0.4, 0.5) is 0 Å². The first kappa shape index (κ1) is 22.0. The highest BCUT2D eigenvalue weighted by molar-refractivity contribution is 7.89. The largest absolute Gasteiger partial charge is 0.481 e. The third-order valence-electron chi connectivity index (χ3n) is 5.24. The molecule has 0 aliphatic heterocycles. The highest BCUT2D eigenvalue weighted by Crippen LogP contribution is 2.23. The summed E-state index contributed by atoms with van der Waals surface area (Å²) in [5.74, 6) is 0.370. The number of carbonyl (C=O) groups excluding carboxylic acids is 1. The zero-order valence-corrected chi connectivity index (χ0v) is 18.6. The lowest BCUT2D eigenvalue weighted by Gasteiger charge is -2.15. The van der Waals surface area contributed by atoms with E-state index in [9.17, 15) is 13.2 Å². The third-order valence-corrected chi connectivity index (χ3v) is 6.78. The average Bonchev–Trinajstić information content (AvgIpc) is 3.62. The van der Waals surface area contributed by atoms with Gasteiger partial charge in [0.2, 0.25) is 10.0 Å². The summed E-state index contributed by atoms with van der Waals surface area (Å²) in [5, 5.41) is 2.83. The Kier molecular flexibility index (Phi) is 6.58. The maximum absolute atomic E-state index is 12.4. The summed E-state index contributed by atoms with van der Waals surface area (Å²) in [5.41, 5.74) is 3.00. The molecule has 2 N–H and O–H groups in total. The van der Waals surface area contributed by atoms with Crippen LogP contribution >= 0.6 is 0 Å². The van der Waals surface area contributed by atoms with Crippen molar-refractivity contribution in [1.82, 2.24) is 10.0 Å². The van der Waals surface area contributed by atoms with Gasteiger partial charge in [0, 0.05) is 12.6 Å². The molecule has 0 saturated heterocycles. The number of nitrogens with one attached hydrogen (secondary N) is 2. The van der Waals surface area contributed by atoms with Gasteiger partial charge in [-0.25, -0.2) is 13.1 Å². The summed E-state index contributed by atoms with van der Waals surface area (Å²) in [4.78, 5) is 12.7. The van der Waals surface area contributed by atoms with Crippen LogP contribution in [0.1, 0.15) is 25.3 Å². The van der Waals surface area contributed by atoms with Gasteiger partial charge < -0.3 is 10.1 Å². The summed E-state index contributed by atoms with van der Waals surface area (Å²) in [6.45, 7) is 1.98. The second kappa shape index (κ2) is 9.54. The van der Waals surface area contributed by atoms with E-state index in [-0.39, 0.29) is 23.4 Å². The van der Waals surface area contributed by atoms with Crippen LogP contribution in [0.2, 0.25) is 0 Å². The number of benzene rings is 3. The van der Waals surface area contributed by atoms with Crippen molar-refractivity contribution in [3.05, 3.63) is 84.4 Å². The zero-order valence-electron chi connectivity index (χ0n) is 17.8. The third kappa shape index (κ3) is 5.75.